The molecule has 0 aromatic heterocycles. The summed E-state index contributed by atoms with van der Waals surface area (Å²) < 4.78 is 25.0. The first-order valence-electron chi connectivity index (χ1n) is 6.58. The molecule has 2 aromatic rings. The van der Waals surface area contributed by atoms with Crippen molar-refractivity contribution < 1.29 is 13.8 Å². The van der Waals surface area contributed by atoms with Gasteiger partial charge >= 0.3 is 6.92 Å². The van der Waals surface area contributed by atoms with Crippen LogP contribution >= 0.6 is 0 Å². The molecule has 0 saturated heterocycles. The van der Waals surface area contributed by atoms with Gasteiger partial charge in [0.15, 0.2) is 11.6 Å². The second kappa shape index (κ2) is 5.27. The Morgan fingerprint density at radius 1 is 1.30 bits per heavy atom. The molecule has 0 fully saturated rings. The molecule has 5 heteroatoms. The minimum Gasteiger partial charge on any atom is -0.454 e. The molecular formula is C15H15BFNO2. The monoisotopic (exact) mass is 271 g/mol. The Balaban J connectivity index is 1.87. The van der Waals surface area contributed by atoms with Gasteiger partial charge in [0, 0.05) is 6.54 Å². The van der Waals surface area contributed by atoms with Crippen LogP contribution in [0.25, 0.3) is 0 Å². The van der Waals surface area contributed by atoms with E-state index in [1.54, 1.807) is 12.1 Å². The van der Waals surface area contributed by atoms with Gasteiger partial charge in [-0.15, -0.1) is 0 Å². The summed E-state index contributed by atoms with van der Waals surface area (Å²) in [4.78, 5) is 0. The number of halogens is 1. The molecule has 3 rings (SSSR count). The van der Waals surface area contributed by atoms with Gasteiger partial charge in [-0.25, -0.2) is 4.39 Å². The lowest BCUT2D eigenvalue weighted by molar-refractivity contribution is 0.333. The Morgan fingerprint density at radius 2 is 2.15 bits per heavy atom. The van der Waals surface area contributed by atoms with Gasteiger partial charge in [0.25, 0.3) is 0 Å². The van der Waals surface area contributed by atoms with Gasteiger partial charge in [-0.05, 0) is 40.9 Å². The lowest BCUT2D eigenvalue weighted by Gasteiger charge is -2.09. The molecule has 0 aliphatic carbocycles. The van der Waals surface area contributed by atoms with Crippen LogP contribution in [-0.2, 0) is 17.8 Å². The maximum Gasteiger partial charge on any atom is 0.324 e. The van der Waals surface area contributed by atoms with Crippen LogP contribution in [0, 0.1) is 5.82 Å². The largest absolute Gasteiger partial charge is 0.454 e. The summed E-state index contributed by atoms with van der Waals surface area (Å²) in [6.45, 7) is 2.98. The van der Waals surface area contributed by atoms with Crippen LogP contribution in [-0.4, -0.2) is 6.92 Å². The highest BCUT2D eigenvalue weighted by Crippen LogP contribution is 2.26. The second-order valence-corrected chi connectivity index (χ2v) is 4.88. The molecule has 0 atom stereocenters. The van der Waals surface area contributed by atoms with Crippen LogP contribution < -0.4 is 15.9 Å². The van der Waals surface area contributed by atoms with Crippen molar-refractivity contribution in [1.82, 2.24) is 0 Å². The van der Waals surface area contributed by atoms with Crippen molar-refractivity contribution >= 4 is 12.4 Å². The maximum absolute atomic E-state index is 13.9. The minimum atomic E-state index is -0.405. The molecule has 0 bridgehead atoms. The third kappa shape index (κ3) is 2.42. The van der Waals surface area contributed by atoms with E-state index in [0.29, 0.717) is 18.9 Å². The number of ether oxygens (including phenoxy) is 1. The molecule has 0 amide bonds. The lowest BCUT2D eigenvalue weighted by Crippen LogP contribution is -2.24. The molecule has 0 saturated carbocycles. The number of benzene rings is 2. The SMILES string of the molecule is CB1OCc2ccc(Oc3ccc(CN)cc3F)cc21. The van der Waals surface area contributed by atoms with Crippen LogP contribution in [0.15, 0.2) is 36.4 Å². The third-order valence-corrected chi connectivity index (χ3v) is 3.50. The van der Waals surface area contributed by atoms with Gasteiger partial charge in [-0.3, -0.25) is 0 Å². The van der Waals surface area contributed by atoms with Crippen molar-refractivity contribution in [3.63, 3.8) is 0 Å². The average Bonchev–Trinajstić information content (AvgIpc) is 2.82. The fraction of sp³-hybridized carbons (Fsp3) is 0.200. The highest BCUT2D eigenvalue weighted by molar-refractivity contribution is 6.67. The number of fused-ring (bicyclic) bond motifs is 1. The van der Waals surface area contributed by atoms with Crippen LogP contribution in [0.2, 0.25) is 6.82 Å². The fourth-order valence-electron chi connectivity index (χ4n) is 2.33. The van der Waals surface area contributed by atoms with E-state index in [2.05, 4.69) is 0 Å². The summed E-state index contributed by atoms with van der Waals surface area (Å²) in [5, 5.41) is 0. The molecule has 102 valence electrons. The zero-order chi connectivity index (χ0) is 14.1. The van der Waals surface area contributed by atoms with Gasteiger partial charge in [-0.1, -0.05) is 19.0 Å². The third-order valence-electron chi connectivity index (χ3n) is 3.50. The molecule has 1 aliphatic heterocycles. The number of hydrogen-bond acceptors (Lipinski definition) is 3. The predicted molar refractivity (Wildman–Crippen MR) is 76.8 cm³/mol. The Bertz CT molecular complexity index is 648. The van der Waals surface area contributed by atoms with E-state index in [0.717, 1.165) is 16.6 Å². The van der Waals surface area contributed by atoms with Crippen molar-refractivity contribution in [2.75, 3.05) is 0 Å². The first kappa shape index (κ1) is 13.2. The number of hydrogen-bond donors (Lipinski definition) is 1. The lowest BCUT2D eigenvalue weighted by atomic mass is 9.64. The molecule has 0 spiro atoms. The van der Waals surface area contributed by atoms with Crippen LogP contribution in [0.4, 0.5) is 4.39 Å². The van der Waals surface area contributed by atoms with Gasteiger partial charge in [0.1, 0.15) is 5.75 Å². The van der Waals surface area contributed by atoms with E-state index in [1.165, 1.54) is 6.07 Å². The van der Waals surface area contributed by atoms with Gasteiger partial charge < -0.3 is 15.1 Å². The van der Waals surface area contributed by atoms with Crippen molar-refractivity contribution in [3.05, 3.63) is 53.3 Å². The minimum absolute atomic E-state index is 0.0537. The van der Waals surface area contributed by atoms with Crippen molar-refractivity contribution in [2.24, 2.45) is 5.73 Å². The van der Waals surface area contributed by atoms with Gasteiger partial charge in [0.05, 0.1) is 6.61 Å². The average molecular weight is 271 g/mol. The molecular weight excluding hydrogens is 256 g/mol. The second-order valence-electron chi connectivity index (χ2n) is 4.88. The zero-order valence-corrected chi connectivity index (χ0v) is 11.2. The van der Waals surface area contributed by atoms with E-state index in [9.17, 15) is 4.39 Å². The Hall–Kier alpha value is -1.85. The van der Waals surface area contributed by atoms with Crippen molar-refractivity contribution in [2.45, 2.75) is 20.0 Å². The first-order chi connectivity index (χ1) is 9.67. The van der Waals surface area contributed by atoms with E-state index >= 15 is 0 Å². The van der Waals surface area contributed by atoms with Gasteiger partial charge in [0.2, 0.25) is 0 Å². The number of nitrogens with two attached hydrogens (primary N) is 1. The summed E-state index contributed by atoms with van der Waals surface area (Å²) in [6.07, 6.45) is 0. The standard InChI is InChI=1S/C15H15BFNO2/c1-16-13-7-12(4-3-11(13)9-19-16)20-15-5-2-10(8-18)6-14(15)17/h2-7H,8-9,18H2,1H3. The molecule has 2 aromatic carbocycles. The Morgan fingerprint density at radius 3 is 2.90 bits per heavy atom. The summed E-state index contributed by atoms with van der Waals surface area (Å²) in [6, 6.07) is 10.5. The summed E-state index contributed by atoms with van der Waals surface area (Å²) in [5.74, 6) is 0.409. The fourth-order valence-corrected chi connectivity index (χ4v) is 2.33. The topological polar surface area (TPSA) is 44.5 Å². The highest BCUT2D eigenvalue weighted by atomic mass is 19.1. The highest BCUT2D eigenvalue weighted by Gasteiger charge is 2.23. The summed E-state index contributed by atoms with van der Waals surface area (Å²) >= 11 is 0. The normalized spacial score (nSPS) is 13.4. The summed E-state index contributed by atoms with van der Waals surface area (Å²) in [5.41, 5.74) is 8.47. The summed E-state index contributed by atoms with van der Waals surface area (Å²) in [7, 11) is 0. The Labute approximate surface area is 117 Å². The van der Waals surface area contributed by atoms with Gasteiger partial charge in [-0.2, -0.15) is 0 Å². The molecule has 0 radical (unpaired) electrons. The maximum atomic E-state index is 13.9. The molecule has 0 unspecified atom stereocenters. The van der Waals surface area contributed by atoms with E-state index in [1.807, 2.05) is 25.0 Å². The smallest absolute Gasteiger partial charge is 0.324 e. The van der Waals surface area contributed by atoms with Crippen molar-refractivity contribution in [3.8, 4) is 11.5 Å². The van der Waals surface area contributed by atoms with Crippen LogP contribution in [0.3, 0.4) is 0 Å². The number of rotatable bonds is 3. The molecule has 1 aliphatic rings. The predicted octanol–water partition coefficient (Wildman–Crippen LogP) is 2.44. The zero-order valence-electron chi connectivity index (χ0n) is 11.2. The molecule has 20 heavy (non-hydrogen) atoms. The molecule has 1 heterocycles. The van der Waals surface area contributed by atoms with Crippen molar-refractivity contribution in [1.29, 1.82) is 0 Å². The molecule has 3 nitrogen and oxygen atoms in total. The van der Waals surface area contributed by atoms with Crippen LogP contribution in [0.5, 0.6) is 11.5 Å². The Kier molecular flexibility index (Phi) is 3.46. The van der Waals surface area contributed by atoms with E-state index in [4.69, 9.17) is 15.1 Å². The van der Waals surface area contributed by atoms with E-state index < -0.39 is 5.82 Å². The first-order valence-corrected chi connectivity index (χ1v) is 6.58. The quantitative estimate of drug-likeness (QED) is 0.872. The molecule has 2 N–H and O–H groups in total. The van der Waals surface area contributed by atoms with E-state index in [-0.39, 0.29) is 12.7 Å². The van der Waals surface area contributed by atoms with Crippen LogP contribution in [0.1, 0.15) is 11.1 Å².